The predicted molar refractivity (Wildman–Crippen MR) is 114 cm³/mol. The fourth-order valence-corrected chi connectivity index (χ4v) is 4.51. The molecule has 1 aliphatic carbocycles. The first kappa shape index (κ1) is 21.9. The lowest BCUT2D eigenvalue weighted by molar-refractivity contribution is 0.256. The molecule has 3 N–H and O–H groups in total. The Morgan fingerprint density at radius 3 is 2.33 bits per heavy atom. The zero-order chi connectivity index (χ0) is 22.1. The standard InChI is InChI=1S/C21H27N3O5S/c1-12(2)14-7-5-8-15(13(3)4)20(14)22-21(25)24-30(27,28)19-11-16-17(23-26)9-6-10-18(16)29-19/h5,7-8,11-13,26H,6,9-10H2,1-4H3,(H2,22,24,25)/b23-17+. The van der Waals surface area contributed by atoms with Gasteiger partial charge in [-0.05, 0) is 35.8 Å². The van der Waals surface area contributed by atoms with E-state index < -0.39 is 16.1 Å². The van der Waals surface area contributed by atoms with E-state index in [9.17, 15) is 13.2 Å². The molecule has 1 heterocycles. The van der Waals surface area contributed by atoms with Crippen molar-refractivity contribution in [3.05, 3.63) is 46.7 Å². The van der Waals surface area contributed by atoms with Crippen LogP contribution >= 0.6 is 0 Å². The van der Waals surface area contributed by atoms with E-state index in [0.717, 1.165) is 11.1 Å². The summed E-state index contributed by atoms with van der Waals surface area (Å²) in [5.74, 6) is 0.717. The Balaban J connectivity index is 1.86. The van der Waals surface area contributed by atoms with Gasteiger partial charge in [0.05, 0.1) is 5.71 Å². The zero-order valence-electron chi connectivity index (χ0n) is 17.5. The number of amides is 2. The molecule has 0 fully saturated rings. The normalized spacial score (nSPS) is 15.5. The number of anilines is 1. The van der Waals surface area contributed by atoms with E-state index in [2.05, 4.69) is 10.5 Å². The van der Waals surface area contributed by atoms with Gasteiger partial charge in [-0.15, -0.1) is 0 Å². The number of nitrogens with zero attached hydrogens (tertiary/aromatic N) is 1. The van der Waals surface area contributed by atoms with Gasteiger partial charge < -0.3 is 14.9 Å². The highest BCUT2D eigenvalue weighted by molar-refractivity contribution is 7.89. The summed E-state index contributed by atoms with van der Waals surface area (Å²) in [7, 11) is -4.24. The van der Waals surface area contributed by atoms with Crippen LogP contribution in [0.15, 0.2) is 38.9 Å². The molecular formula is C21H27N3O5S. The first-order valence-corrected chi connectivity index (χ1v) is 11.4. The van der Waals surface area contributed by atoms with Crippen LogP contribution in [0, 0.1) is 0 Å². The van der Waals surface area contributed by atoms with Gasteiger partial charge in [0.1, 0.15) is 5.76 Å². The van der Waals surface area contributed by atoms with E-state index >= 15 is 0 Å². The number of carbonyl (C=O) groups excluding carboxylic acids is 1. The zero-order valence-corrected chi connectivity index (χ0v) is 18.3. The summed E-state index contributed by atoms with van der Waals surface area (Å²) in [6, 6.07) is 6.18. The summed E-state index contributed by atoms with van der Waals surface area (Å²) >= 11 is 0. The highest BCUT2D eigenvalue weighted by Crippen LogP contribution is 2.32. The maximum atomic E-state index is 12.7. The second kappa shape index (κ2) is 8.51. The maximum Gasteiger partial charge on any atom is 0.333 e. The largest absolute Gasteiger partial charge is 0.447 e. The van der Waals surface area contributed by atoms with Gasteiger partial charge >= 0.3 is 6.03 Å². The molecular weight excluding hydrogens is 406 g/mol. The van der Waals surface area contributed by atoms with Gasteiger partial charge in [-0.2, -0.15) is 8.42 Å². The van der Waals surface area contributed by atoms with E-state index in [1.807, 2.05) is 50.6 Å². The number of benzene rings is 1. The van der Waals surface area contributed by atoms with Gasteiger partial charge in [0.15, 0.2) is 0 Å². The van der Waals surface area contributed by atoms with Crippen molar-refractivity contribution in [3.8, 4) is 0 Å². The lowest BCUT2D eigenvalue weighted by Gasteiger charge is -2.20. The van der Waals surface area contributed by atoms with E-state index in [1.54, 1.807) is 0 Å². The van der Waals surface area contributed by atoms with Crippen LogP contribution in [0.1, 0.15) is 74.8 Å². The summed E-state index contributed by atoms with van der Waals surface area (Å²) in [5.41, 5.74) is 3.29. The van der Waals surface area contributed by atoms with Crippen LogP contribution in [0.5, 0.6) is 0 Å². The van der Waals surface area contributed by atoms with Crippen LogP contribution in [0.25, 0.3) is 0 Å². The average Bonchev–Trinajstić information content (AvgIpc) is 3.12. The molecule has 30 heavy (non-hydrogen) atoms. The molecule has 0 unspecified atom stereocenters. The Morgan fingerprint density at radius 1 is 1.13 bits per heavy atom. The van der Waals surface area contributed by atoms with Crippen molar-refractivity contribution >= 4 is 27.5 Å². The van der Waals surface area contributed by atoms with Crippen LogP contribution < -0.4 is 10.0 Å². The van der Waals surface area contributed by atoms with Gasteiger partial charge in [0.2, 0.25) is 5.09 Å². The minimum Gasteiger partial charge on any atom is -0.447 e. The first-order valence-electron chi connectivity index (χ1n) is 9.94. The third-order valence-corrected chi connectivity index (χ3v) is 6.32. The molecule has 0 saturated heterocycles. The number of sulfonamides is 1. The number of oxime groups is 1. The average molecular weight is 434 g/mol. The van der Waals surface area contributed by atoms with Crippen molar-refractivity contribution in [1.82, 2.24) is 4.72 Å². The molecule has 0 atom stereocenters. The van der Waals surface area contributed by atoms with Crippen molar-refractivity contribution in [1.29, 1.82) is 0 Å². The summed E-state index contributed by atoms with van der Waals surface area (Å²) in [6.45, 7) is 8.03. The summed E-state index contributed by atoms with van der Waals surface area (Å²) < 4.78 is 32.9. The van der Waals surface area contributed by atoms with E-state index in [1.165, 1.54) is 6.07 Å². The van der Waals surface area contributed by atoms with Crippen molar-refractivity contribution < 1.29 is 22.8 Å². The highest BCUT2D eigenvalue weighted by Gasteiger charge is 2.29. The van der Waals surface area contributed by atoms with Crippen LogP contribution in [0.3, 0.4) is 0 Å². The number of carbonyl (C=O) groups is 1. The van der Waals surface area contributed by atoms with E-state index in [0.29, 0.717) is 42.0 Å². The third-order valence-electron chi connectivity index (χ3n) is 5.14. The molecule has 8 nitrogen and oxygen atoms in total. The molecule has 2 aromatic rings. The van der Waals surface area contributed by atoms with Crippen LogP contribution in [-0.2, 0) is 16.4 Å². The topological polar surface area (TPSA) is 121 Å². The summed E-state index contributed by atoms with van der Waals surface area (Å²) in [6.07, 6.45) is 1.76. The molecule has 0 saturated carbocycles. The molecule has 1 aromatic carbocycles. The molecule has 0 radical (unpaired) electrons. The number of furan rings is 1. The number of urea groups is 1. The van der Waals surface area contributed by atoms with E-state index in [4.69, 9.17) is 9.62 Å². The third kappa shape index (κ3) is 4.35. The van der Waals surface area contributed by atoms with Crippen LogP contribution in [0.2, 0.25) is 0 Å². The summed E-state index contributed by atoms with van der Waals surface area (Å²) in [5, 5.41) is 14.7. The highest BCUT2D eigenvalue weighted by atomic mass is 32.2. The Kier molecular flexibility index (Phi) is 6.21. The maximum absolute atomic E-state index is 12.7. The SMILES string of the molecule is CC(C)c1cccc(C(C)C)c1NC(=O)NS(=O)(=O)c1cc2c(o1)CCC/C2=N\O. The van der Waals surface area contributed by atoms with Crippen LogP contribution in [0.4, 0.5) is 10.5 Å². The number of hydrogen-bond acceptors (Lipinski definition) is 6. The van der Waals surface area contributed by atoms with Crippen LogP contribution in [-0.4, -0.2) is 25.4 Å². The number of hydrogen-bond donors (Lipinski definition) is 3. The Labute approximate surface area is 176 Å². The fourth-order valence-electron chi connectivity index (χ4n) is 3.63. The van der Waals surface area contributed by atoms with Crippen molar-refractivity contribution in [3.63, 3.8) is 0 Å². The minimum absolute atomic E-state index is 0.142. The second-order valence-corrected chi connectivity index (χ2v) is 9.60. The quantitative estimate of drug-likeness (QED) is 0.472. The molecule has 3 rings (SSSR count). The van der Waals surface area contributed by atoms with Crippen molar-refractivity contribution in [2.75, 3.05) is 5.32 Å². The molecule has 0 bridgehead atoms. The van der Waals surface area contributed by atoms with Gasteiger partial charge in [-0.3, -0.25) is 0 Å². The number of nitrogens with one attached hydrogen (secondary N) is 2. The van der Waals surface area contributed by atoms with E-state index in [-0.39, 0.29) is 16.9 Å². The minimum atomic E-state index is -4.24. The lowest BCUT2D eigenvalue weighted by atomic mass is 9.93. The molecule has 1 aromatic heterocycles. The molecule has 1 aliphatic rings. The molecule has 0 aliphatic heterocycles. The Bertz CT molecular complexity index is 1060. The summed E-state index contributed by atoms with van der Waals surface area (Å²) in [4.78, 5) is 12.6. The molecule has 162 valence electrons. The monoisotopic (exact) mass is 433 g/mol. The lowest BCUT2D eigenvalue weighted by Crippen LogP contribution is -2.34. The smallest absolute Gasteiger partial charge is 0.333 e. The number of fused-ring (bicyclic) bond motifs is 1. The molecule has 2 amide bonds. The molecule has 9 heteroatoms. The Morgan fingerprint density at radius 2 is 1.77 bits per heavy atom. The Hall–Kier alpha value is -2.81. The second-order valence-electron chi connectivity index (χ2n) is 7.98. The van der Waals surface area contributed by atoms with Gasteiger partial charge in [0, 0.05) is 23.7 Å². The first-order chi connectivity index (χ1) is 14.1. The predicted octanol–water partition coefficient (Wildman–Crippen LogP) is 4.55. The number of para-hydroxylation sites is 1. The van der Waals surface area contributed by atoms with Crippen molar-refractivity contribution in [2.45, 2.75) is 63.9 Å². The fraction of sp³-hybridized carbons (Fsp3) is 0.429. The van der Waals surface area contributed by atoms with Gasteiger partial charge in [-0.25, -0.2) is 9.52 Å². The molecule has 0 spiro atoms. The van der Waals surface area contributed by atoms with Crippen molar-refractivity contribution in [2.24, 2.45) is 5.16 Å². The van der Waals surface area contributed by atoms with Gasteiger partial charge in [0.25, 0.3) is 10.0 Å². The number of rotatable bonds is 5. The van der Waals surface area contributed by atoms with Gasteiger partial charge in [-0.1, -0.05) is 51.0 Å². The number of aryl methyl sites for hydroxylation is 1.